The Morgan fingerprint density at radius 2 is 1.90 bits per heavy atom. The summed E-state index contributed by atoms with van der Waals surface area (Å²) >= 11 is 0. The molecular formula is C17H23NO3. The standard InChI is InChI=1S/C17H23NO3/c19-17(9-2-1-3-10-17)12-21-14-8-7-13-5-4-6-16(18-20)15(13)11-14/h7-8,11,19-20H,1-6,9-10,12H2/b18-16-. The van der Waals surface area contributed by atoms with Crippen LogP contribution in [0.5, 0.6) is 5.75 Å². The molecule has 0 spiro atoms. The maximum atomic E-state index is 10.5. The van der Waals surface area contributed by atoms with E-state index in [-0.39, 0.29) is 0 Å². The molecule has 0 atom stereocenters. The van der Waals surface area contributed by atoms with Gasteiger partial charge in [0.15, 0.2) is 0 Å². The molecule has 1 aromatic rings. The highest BCUT2D eigenvalue weighted by Gasteiger charge is 2.30. The molecule has 0 aromatic heterocycles. The third kappa shape index (κ3) is 3.21. The summed E-state index contributed by atoms with van der Waals surface area (Å²) in [5.74, 6) is 0.746. The fraction of sp³-hybridized carbons (Fsp3) is 0.588. The summed E-state index contributed by atoms with van der Waals surface area (Å²) in [6.07, 6.45) is 7.83. The minimum atomic E-state index is -0.679. The van der Waals surface area contributed by atoms with Gasteiger partial charge in [0.05, 0.1) is 11.3 Å². The molecule has 21 heavy (non-hydrogen) atoms. The quantitative estimate of drug-likeness (QED) is 0.663. The number of hydrogen-bond donors (Lipinski definition) is 2. The normalized spacial score (nSPS) is 22.8. The average Bonchev–Trinajstić information content (AvgIpc) is 2.53. The molecule has 1 fully saturated rings. The molecule has 0 radical (unpaired) electrons. The van der Waals surface area contributed by atoms with Crippen molar-refractivity contribution in [1.82, 2.24) is 0 Å². The summed E-state index contributed by atoms with van der Waals surface area (Å²) in [6.45, 7) is 0.345. The molecule has 0 aliphatic heterocycles. The molecule has 0 bridgehead atoms. The fourth-order valence-corrected chi connectivity index (χ4v) is 3.39. The minimum Gasteiger partial charge on any atom is -0.491 e. The maximum absolute atomic E-state index is 10.5. The number of rotatable bonds is 3. The van der Waals surface area contributed by atoms with Gasteiger partial charge in [-0.1, -0.05) is 30.5 Å². The van der Waals surface area contributed by atoms with Crippen LogP contribution in [0.15, 0.2) is 23.4 Å². The summed E-state index contributed by atoms with van der Waals surface area (Å²) in [4.78, 5) is 0. The van der Waals surface area contributed by atoms with Crippen LogP contribution in [0.1, 0.15) is 56.1 Å². The van der Waals surface area contributed by atoms with E-state index in [1.807, 2.05) is 18.2 Å². The zero-order valence-electron chi connectivity index (χ0n) is 12.3. The van der Waals surface area contributed by atoms with Gasteiger partial charge >= 0.3 is 0 Å². The molecule has 1 aromatic carbocycles. The summed E-state index contributed by atoms with van der Waals surface area (Å²) in [6, 6.07) is 5.93. The van der Waals surface area contributed by atoms with Crippen LogP contribution in [-0.2, 0) is 6.42 Å². The maximum Gasteiger partial charge on any atom is 0.120 e. The van der Waals surface area contributed by atoms with Crippen LogP contribution >= 0.6 is 0 Å². The van der Waals surface area contributed by atoms with E-state index >= 15 is 0 Å². The first-order valence-electron chi connectivity index (χ1n) is 7.90. The predicted octanol–water partition coefficient (Wildman–Crippen LogP) is 3.28. The first-order valence-corrected chi connectivity index (χ1v) is 7.90. The van der Waals surface area contributed by atoms with Gasteiger partial charge in [0, 0.05) is 5.56 Å². The SMILES string of the molecule is O/N=C1/CCCc2ccc(OCC3(O)CCCCC3)cc21. The van der Waals surface area contributed by atoms with Gasteiger partial charge in [-0.2, -0.15) is 0 Å². The molecule has 0 heterocycles. The van der Waals surface area contributed by atoms with Gasteiger partial charge in [-0.3, -0.25) is 0 Å². The van der Waals surface area contributed by atoms with E-state index < -0.39 is 5.60 Å². The fourth-order valence-electron chi connectivity index (χ4n) is 3.39. The van der Waals surface area contributed by atoms with E-state index in [0.29, 0.717) is 6.61 Å². The number of hydrogen-bond acceptors (Lipinski definition) is 4. The monoisotopic (exact) mass is 289 g/mol. The van der Waals surface area contributed by atoms with E-state index in [2.05, 4.69) is 5.16 Å². The molecule has 0 unspecified atom stereocenters. The second-order valence-corrected chi connectivity index (χ2v) is 6.29. The predicted molar refractivity (Wildman–Crippen MR) is 81.2 cm³/mol. The van der Waals surface area contributed by atoms with E-state index in [1.54, 1.807) is 0 Å². The number of ether oxygens (including phenoxy) is 1. The lowest BCUT2D eigenvalue weighted by Gasteiger charge is -2.31. The van der Waals surface area contributed by atoms with Crippen molar-refractivity contribution >= 4 is 5.71 Å². The first-order chi connectivity index (χ1) is 10.2. The molecule has 4 heteroatoms. The number of nitrogens with zero attached hydrogens (tertiary/aromatic N) is 1. The van der Waals surface area contributed by atoms with Gasteiger partial charge in [-0.05, 0) is 49.8 Å². The third-order valence-electron chi connectivity index (χ3n) is 4.66. The minimum absolute atomic E-state index is 0.345. The zero-order chi connectivity index (χ0) is 14.7. The molecular weight excluding hydrogens is 266 g/mol. The number of aryl methyl sites for hydroxylation is 1. The molecule has 0 amide bonds. The Hall–Kier alpha value is -1.55. The van der Waals surface area contributed by atoms with Crippen molar-refractivity contribution in [3.8, 4) is 5.75 Å². The van der Waals surface area contributed by atoms with E-state index in [4.69, 9.17) is 9.94 Å². The van der Waals surface area contributed by atoms with Crippen molar-refractivity contribution in [3.63, 3.8) is 0 Å². The zero-order valence-corrected chi connectivity index (χ0v) is 12.3. The number of benzene rings is 1. The number of oxime groups is 1. The van der Waals surface area contributed by atoms with Crippen molar-refractivity contribution < 1.29 is 15.1 Å². The van der Waals surface area contributed by atoms with Gasteiger partial charge in [-0.25, -0.2) is 0 Å². The van der Waals surface area contributed by atoms with Crippen LogP contribution in [-0.4, -0.2) is 28.2 Å². The molecule has 2 N–H and O–H groups in total. The molecule has 2 aliphatic carbocycles. The number of fused-ring (bicyclic) bond motifs is 1. The summed E-state index contributed by atoms with van der Waals surface area (Å²) in [5.41, 5.74) is 2.25. The lowest BCUT2D eigenvalue weighted by atomic mass is 9.85. The second-order valence-electron chi connectivity index (χ2n) is 6.29. The van der Waals surface area contributed by atoms with Gasteiger partial charge in [0.2, 0.25) is 0 Å². The lowest BCUT2D eigenvalue weighted by molar-refractivity contribution is -0.0339. The average molecular weight is 289 g/mol. The Bertz CT molecular complexity index is 533. The molecule has 1 saturated carbocycles. The van der Waals surface area contributed by atoms with Crippen LogP contribution in [0.4, 0.5) is 0 Å². The number of aliphatic hydroxyl groups is 1. The Morgan fingerprint density at radius 1 is 1.10 bits per heavy atom. The highest BCUT2D eigenvalue weighted by atomic mass is 16.5. The largest absolute Gasteiger partial charge is 0.491 e. The van der Waals surface area contributed by atoms with Crippen LogP contribution in [0, 0.1) is 0 Å². The summed E-state index contributed by atoms with van der Waals surface area (Å²) in [5, 5.41) is 23.0. The van der Waals surface area contributed by atoms with E-state index in [0.717, 1.165) is 62.0 Å². The summed E-state index contributed by atoms with van der Waals surface area (Å²) < 4.78 is 5.82. The highest BCUT2D eigenvalue weighted by Crippen LogP contribution is 2.30. The van der Waals surface area contributed by atoms with Crippen LogP contribution in [0.25, 0.3) is 0 Å². The first kappa shape index (κ1) is 14.4. The lowest BCUT2D eigenvalue weighted by Crippen LogP contribution is -2.37. The Morgan fingerprint density at radius 3 is 2.67 bits per heavy atom. The molecule has 114 valence electrons. The second kappa shape index (κ2) is 6.06. The Kier molecular flexibility index (Phi) is 4.15. The molecule has 4 nitrogen and oxygen atoms in total. The van der Waals surface area contributed by atoms with Crippen LogP contribution < -0.4 is 4.74 Å². The van der Waals surface area contributed by atoms with Crippen molar-refractivity contribution in [2.75, 3.05) is 6.61 Å². The topological polar surface area (TPSA) is 62.1 Å². The third-order valence-corrected chi connectivity index (χ3v) is 4.66. The van der Waals surface area contributed by atoms with Gasteiger partial charge in [-0.15, -0.1) is 0 Å². The van der Waals surface area contributed by atoms with E-state index in [9.17, 15) is 5.11 Å². The smallest absolute Gasteiger partial charge is 0.120 e. The summed E-state index contributed by atoms with van der Waals surface area (Å²) in [7, 11) is 0. The van der Waals surface area contributed by atoms with Gasteiger partial charge in [0.1, 0.15) is 12.4 Å². The Labute approximate surface area is 125 Å². The highest BCUT2D eigenvalue weighted by molar-refractivity contribution is 6.02. The van der Waals surface area contributed by atoms with Crippen molar-refractivity contribution in [3.05, 3.63) is 29.3 Å². The van der Waals surface area contributed by atoms with Crippen molar-refractivity contribution in [2.45, 2.75) is 57.0 Å². The molecule has 3 rings (SSSR count). The van der Waals surface area contributed by atoms with E-state index in [1.165, 1.54) is 12.0 Å². The molecule has 0 saturated heterocycles. The van der Waals surface area contributed by atoms with Crippen molar-refractivity contribution in [1.29, 1.82) is 0 Å². The van der Waals surface area contributed by atoms with Crippen LogP contribution in [0.3, 0.4) is 0 Å². The Balaban J connectivity index is 1.72. The molecule has 2 aliphatic rings. The van der Waals surface area contributed by atoms with Crippen molar-refractivity contribution in [2.24, 2.45) is 5.16 Å². The van der Waals surface area contributed by atoms with Gasteiger partial charge in [0.25, 0.3) is 0 Å². The van der Waals surface area contributed by atoms with Gasteiger partial charge < -0.3 is 15.1 Å². The van der Waals surface area contributed by atoms with Crippen LogP contribution in [0.2, 0.25) is 0 Å².